The largest absolute Gasteiger partial charge is 0.325 e. The summed E-state index contributed by atoms with van der Waals surface area (Å²) in [6.07, 6.45) is 0. The van der Waals surface area contributed by atoms with Crippen molar-refractivity contribution >= 4 is 34.8 Å². The molecule has 2 aromatic carbocycles. The smallest absolute Gasteiger partial charge is 0.241 e. The molecule has 2 unspecified atom stereocenters. The van der Waals surface area contributed by atoms with E-state index in [1.54, 1.807) is 25.1 Å². The van der Waals surface area contributed by atoms with Crippen molar-refractivity contribution in [2.45, 2.75) is 25.9 Å². The van der Waals surface area contributed by atoms with Crippen LogP contribution in [0.2, 0.25) is 10.0 Å². The van der Waals surface area contributed by atoms with Gasteiger partial charge in [0, 0.05) is 16.8 Å². The van der Waals surface area contributed by atoms with Gasteiger partial charge in [-0.1, -0.05) is 41.4 Å². The zero-order valence-electron chi connectivity index (χ0n) is 13.3. The minimum absolute atomic E-state index is 0.0796. The lowest BCUT2D eigenvalue weighted by Gasteiger charge is -2.21. The van der Waals surface area contributed by atoms with E-state index in [4.69, 9.17) is 28.5 Å². The molecule has 1 amide bonds. The second-order valence-corrected chi connectivity index (χ2v) is 6.24. The molecule has 0 aliphatic heterocycles. The third kappa shape index (κ3) is 4.48. The highest BCUT2D eigenvalue weighted by molar-refractivity contribution is 6.32. The molecule has 0 aromatic heterocycles. The van der Waals surface area contributed by atoms with E-state index in [0.717, 1.165) is 5.56 Å². The number of hydrogen-bond donors (Lipinski definition) is 2. The van der Waals surface area contributed by atoms with E-state index in [1.165, 1.54) is 0 Å². The van der Waals surface area contributed by atoms with Crippen LogP contribution in [0.1, 0.15) is 31.0 Å². The molecule has 0 fully saturated rings. The minimum Gasteiger partial charge on any atom is -0.325 e. The summed E-state index contributed by atoms with van der Waals surface area (Å²) in [6.45, 7) is 3.72. The fraction of sp³-hybridized carbons (Fsp3) is 0.222. The Labute approximate surface area is 151 Å². The number of nitrogens with one attached hydrogen (secondary N) is 2. The number of hydrogen-bond acceptors (Lipinski definition) is 3. The van der Waals surface area contributed by atoms with Gasteiger partial charge in [0.05, 0.1) is 16.6 Å². The molecule has 24 heavy (non-hydrogen) atoms. The SMILES string of the molecule is CC(NC(C)c1ccccc1Cl)C(=O)Nc1ccc(C#N)c(Cl)c1. The Morgan fingerprint density at radius 2 is 1.83 bits per heavy atom. The van der Waals surface area contributed by atoms with Crippen molar-refractivity contribution in [2.24, 2.45) is 0 Å². The number of halogens is 2. The molecular weight excluding hydrogens is 345 g/mol. The van der Waals surface area contributed by atoms with Gasteiger partial charge in [-0.2, -0.15) is 5.26 Å². The van der Waals surface area contributed by atoms with Crippen molar-refractivity contribution in [2.75, 3.05) is 5.32 Å². The number of amides is 1. The predicted molar refractivity (Wildman–Crippen MR) is 97.3 cm³/mol. The van der Waals surface area contributed by atoms with Crippen molar-refractivity contribution in [3.63, 3.8) is 0 Å². The van der Waals surface area contributed by atoms with Crippen LogP contribution in [-0.2, 0) is 4.79 Å². The van der Waals surface area contributed by atoms with Gasteiger partial charge in [-0.3, -0.25) is 10.1 Å². The van der Waals surface area contributed by atoms with E-state index in [9.17, 15) is 4.79 Å². The highest BCUT2D eigenvalue weighted by atomic mass is 35.5. The molecule has 2 aromatic rings. The van der Waals surface area contributed by atoms with E-state index in [0.29, 0.717) is 21.3 Å². The highest BCUT2D eigenvalue weighted by Gasteiger charge is 2.18. The van der Waals surface area contributed by atoms with Gasteiger partial charge in [0.25, 0.3) is 0 Å². The van der Waals surface area contributed by atoms with Gasteiger partial charge in [-0.15, -0.1) is 0 Å². The van der Waals surface area contributed by atoms with Crippen molar-refractivity contribution in [1.29, 1.82) is 5.26 Å². The first-order valence-corrected chi connectivity index (χ1v) is 8.19. The lowest BCUT2D eigenvalue weighted by atomic mass is 10.1. The summed E-state index contributed by atoms with van der Waals surface area (Å²) in [7, 11) is 0. The van der Waals surface area contributed by atoms with Crippen molar-refractivity contribution in [3.05, 3.63) is 63.6 Å². The first-order valence-electron chi connectivity index (χ1n) is 7.43. The van der Waals surface area contributed by atoms with Gasteiger partial charge in [0.15, 0.2) is 0 Å². The van der Waals surface area contributed by atoms with Crippen molar-refractivity contribution < 1.29 is 4.79 Å². The van der Waals surface area contributed by atoms with Crippen LogP contribution in [0.25, 0.3) is 0 Å². The Morgan fingerprint density at radius 3 is 2.46 bits per heavy atom. The quantitative estimate of drug-likeness (QED) is 0.821. The third-order valence-electron chi connectivity index (χ3n) is 3.62. The molecule has 2 N–H and O–H groups in total. The molecule has 6 heteroatoms. The number of rotatable bonds is 5. The summed E-state index contributed by atoms with van der Waals surface area (Å²) < 4.78 is 0. The van der Waals surface area contributed by atoms with Crippen LogP contribution in [0.5, 0.6) is 0 Å². The molecule has 124 valence electrons. The molecular formula is C18H17Cl2N3O. The molecule has 0 spiro atoms. The standard InChI is InChI=1S/C18H17Cl2N3O/c1-11(15-5-3-4-6-16(15)19)22-12(2)18(24)23-14-8-7-13(10-21)17(20)9-14/h3-9,11-12,22H,1-2H3,(H,23,24). The van der Waals surface area contributed by atoms with Crippen LogP contribution in [0.3, 0.4) is 0 Å². The van der Waals surface area contributed by atoms with E-state index >= 15 is 0 Å². The number of nitrogens with zero attached hydrogens (tertiary/aromatic N) is 1. The zero-order valence-corrected chi connectivity index (χ0v) is 14.8. The molecule has 0 radical (unpaired) electrons. The zero-order chi connectivity index (χ0) is 17.7. The maximum Gasteiger partial charge on any atom is 0.241 e. The Bertz CT molecular complexity index is 786. The average molecular weight is 362 g/mol. The lowest BCUT2D eigenvalue weighted by molar-refractivity contribution is -0.117. The number of carbonyl (C=O) groups is 1. The molecule has 2 rings (SSSR count). The lowest BCUT2D eigenvalue weighted by Crippen LogP contribution is -2.39. The summed E-state index contributed by atoms with van der Waals surface area (Å²) in [5, 5.41) is 15.8. The molecule has 0 heterocycles. The molecule has 4 nitrogen and oxygen atoms in total. The second-order valence-electron chi connectivity index (χ2n) is 5.43. The topological polar surface area (TPSA) is 64.9 Å². The van der Waals surface area contributed by atoms with Gasteiger partial charge in [-0.05, 0) is 43.7 Å². The van der Waals surface area contributed by atoms with Crippen LogP contribution in [0, 0.1) is 11.3 Å². The van der Waals surface area contributed by atoms with Gasteiger partial charge in [0.2, 0.25) is 5.91 Å². The number of benzene rings is 2. The van der Waals surface area contributed by atoms with Crippen LogP contribution < -0.4 is 10.6 Å². The summed E-state index contributed by atoms with van der Waals surface area (Å²) in [4.78, 5) is 12.3. The van der Waals surface area contributed by atoms with Crippen LogP contribution in [-0.4, -0.2) is 11.9 Å². The molecule has 0 aliphatic rings. The molecule has 0 aliphatic carbocycles. The summed E-state index contributed by atoms with van der Waals surface area (Å²) in [6, 6.07) is 13.7. The van der Waals surface area contributed by atoms with Gasteiger partial charge in [-0.25, -0.2) is 0 Å². The van der Waals surface area contributed by atoms with E-state index in [2.05, 4.69) is 10.6 Å². The van der Waals surface area contributed by atoms with Crippen molar-refractivity contribution in [3.8, 4) is 6.07 Å². The van der Waals surface area contributed by atoms with Crippen LogP contribution in [0.15, 0.2) is 42.5 Å². The number of anilines is 1. The predicted octanol–water partition coefficient (Wildman–Crippen LogP) is 4.54. The third-order valence-corrected chi connectivity index (χ3v) is 4.28. The minimum atomic E-state index is -0.439. The maximum absolute atomic E-state index is 12.3. The first-order chi connectivity index (χ1) is 11.4. The normalized spacial score (nSPS) is 13.0. The number of carbonyl (C=O) groups excluding carboxylic acids is 1. The Hall–Kier alpha value is -2.06. The van der Waals surface area contributed by atoms with Gasteiger partial charge < -0.3 is 5.32 Å². The average Bonchev–Trinajstić information content (AvgIpc) is 2.55. The van der Waals surface area contributed by atoms with E-state index in [-0.39, 0.29) is 11.9 Å². The monoisotopic (exact) mass is 361 g/mol. The summed E-state index contributed by atoms with van der Waals surface area (Å²) in [5.74, 6) is -0.199. The van der Waals surface area contributed by atoms with E-state index < -0.39 is 6.04 Å². The Kier molecular flexibility index (Phi) is 6.22. The van der Waals surface area contributed by atoms with Gasteiger partial charge >= 0.3 is 0 Å². The Balaban J connectivity index is 2.01. The Morgan fingerprint density at radius 1 is 1.12 bits per heavy atom. The summed E-state index contributed by atoms with van der Waals surface area (Å²) in [5.41, 5.74) is 1.84. The molecule has 0 saturated carbocycles. The van der Waals surface area contributed by atoms with Crippen LogP contribution >= 0.6 is 23.2 Å². The summed E-state index contributed by atoms with van der Waals surface area (Å²) >= 11 is 12.1. The fourth-order valence-electron chi connectivity index (χ4n) is 2.30. The van der Waals surface area contributed by atoms with Crippen molar-refractivity contribution in [1.82, 2.24) is 5.32 Å². The fourth-order valence-corrected chi connectivity index (χ4v) is 2.82. The number of nitriles is 1. The van der Waals surface area contributed by atoms with Gasteiger partial charge in [0.1, 0.15) is 6.07 Å². The second kappa shape index (κ2) is 8.16. The van der Waals surface area contributed by atoms with Crippen LogP contribution in [0.4, 0.5) is 5.69 Å². The van der Waals surface area contributed by atoms with E-state index in [1.807, 2.05) is 37.3 Å². The molecule has 0 bridgehead atoms. The molecule has 2 atom stereocenters. The highest BCUT2D eigenvalue weighted by Crippen LogP contribution is 2.23. The first kappa shape index (κ1) is 18.3. The maximum atomic E-state index is 12.3. The molecule has 0 saturated heterocycles.